The molecule has 0 spiro atoms. The minimum Gasteiger partial charge on any atom is -0.463 e. The van der Waals surface area contributed by atoms with Gasteiger partial charge >= 0.3 is 29.8 Å². The molecule has 1 aromatic carbocycles. The van der Waals surface area contributed by atoms with Gasteiger partial charge in [0.2, 0.25) is 12.2 Å². The largest absolute Gasteiger partial charge is 0.463 e. The van der Waals surface area contributed by atoms with E-state index in [0.29, 0.717) is 0 Å². The molecular formula is C23H27NO12. The van der Waals surface area contributed by atoms with Crippen molar-refractivity contribution in [3.8, 4) is 5.75 Å². The lowest BCUT2D eigenvalue weighted by molar-refractivity contribution is -0.263. The first-order valence-electron chi connectivity index (χ1n) is 10.8. The highest BCUT2D eigenvalue weighted by molar-refractivity contribution is 5.93. The second kappa shape index (κ2) is 12.6. The number of benzene rings is 1. The fourth-order valence-electron chi connectivity index (χ4n) is 3.44. The highest BCUT2D eigenvalue weighted by atomic mass is 16.7. The summed E-state index contributed by atoms with van der Waals surface area (Å²) in [6.45, 7) is 5.16. The lowest BCUT2D eigenvalue weighted by Gasteiger charge is -2.44. The molecule has 1 saturated heterocycles. The zero-order chi connectivity index (χ0) is 27.0. The van der Waals surface area contributed by atoms with Gasteiger partial charge in [0.1, 0.15) is 30.1 Å². The number of para-hydroxylation sites is 1. The number of amides is 1. The smallest absolute Gasteiger partial charge is 0.344 e. The summed E-state index contributed by atoms with van der Waals surface area (Å²) in [4.78, 5) is 71.5. The van der Waals surface area contributed by atoms with E-state index in [0.717, 1.165) is 34.6 Å². The Labute approximate surface area is 206 Å². The third-order valence-corrected chi connectivity index (χ3v) is 4.66. The Balaban J connectivity index is 2.48. The third kappa shape index (κ3) is 8.05. The van der Waals surface area contributed by atoms with Crippen molar-refractivity contribution in [2.75, 3.05) is 6.61 Å². The molecule has 1 amide bonds. The van der Waals surface area contributed by atoms with Crippen LogP contribution in [0.5, 0.6) is 5.75 Å². The van der Waals surface area contributed by atoms with Crippen LogP contribution < -0.4 is 10.1 Å². The van der Waals surface area contributed by atoms with Gasteiger partial charge in [-0.3, -0.25) is 24.0 Å². The Hall–Kier alpha value is -4.00. The average molecular weight is 509 g/mol. The third-order valence-electron chi connectivity index (χ3n) is 4.66. The van der Waals surface area contributed by atoms with Crippen LogP contribution in [0.1, 0.15) is 45.0 Å². The summed E-state index contributed by atoms with van der Waals surface area (Å²) in [7, 11) is 0. The molecule has 0 aromatic heterocycles. The van der Waals surface area contributed by atoms with Gasteiger partial charge in [0.15, 0.2) is 12.2 Å². The van der Waals surface area contributed by atoms with Crippen LogP contribution in [0.3, 0.4) is 0 Å². The first-order valence-corrected chi connectivity index (χ1v) is 10.8. The maximum absolute atomic E-state index is 13.0. The number of carbonyl (C=O) groups excluding carboxylic acids is 6. The van der Waals surface area contributed by atoms with E-state index in [1.165, 1.54) is 24.3 Å². The monoisotopic (exact) mass is 509 g/mol. The van der Waals surface area contributed by atoms with E-state index in [1.54, 1.807) is 0 Å². The van der Waals surface area contributed by atoms with Crippen molar-refractivity contribution in [1.82, 2.24) is 5.32 Å². The Morgan fingerprint density at radius 3 is 1.97 bits per heavy atom. The van der Waals surface area contributed by atoms with Gasteiger partial charge in [-0.05, 0) is 12.1 Å². The Morgan fingerprint density at radius 1 is 0.806 bits per heavy atom. The van der Waals surface area contributed by atoms with Gasteiger partial charge in [-0.1, -0.05) is 12.1 Å². The molecule has 1 aliphatic heterocycles. The summed E-state index contributed by atoms with van der Waals surface area (Å²) in [5.41, 5.74) is -0.138. The first-order chi connectivity index (χ1) is 16.9. The summed E-state index contributed by atoms with van der Waals surface area (Å²) in [6.07, 6.45) is -5.60. The van der Waals surface area contributed by atoms with Crippen LogP contribution >= 0.6 is 0 Å². The van der Waals surface area contributed by atoms with E-state index in [2.05, 4.69) is 5.32 Å². The van der Waals surface area contributed by atoms with Gasteiger partial charge in [0.05, 0.1) is 0 Å². The van der Waals surface area contributed by atoms with Crippen molar-refractivity contribution in [2.24, 2.45) is 0 Å². The topological polar surface area (TPSA) is 170 Å². The summed E-state index contributed by atoms with van der Waals surface area (Å²) in [5.74, 6) is -4.65. The molecule has 1 heterocycles. The van der Waals surface area contributed by atoms with Crippen LogP contribution in [0, 0.1) is 0 Å². The van der Waals surface area contributed by atoms with Gasteiger partial charge in [-0.15, -0.1) is 0 Å². The van der Waals surface area contributed by atoms with Crippen molar-refractivity contribution in [2.45, 2.75) is 65.3 Å². The minimum absolute atomic E-state index is 0.0901. The Kier molecular flexibility index (Phi) is 9.91. The molecule has 0 radical (unpaired) electrons. The van der Waals surface area contributed by atoms with E-state index in [4.69, 9.17) is 28.4 Å². The van der Waals surface area contributed by atoms with Crippen molar-refractivity contribution >= 4 is 35.8 Å². The van der Waals surface area contributed by atoms with Crippen molar-refractivity contribution in [3.05, 3.63) is 29.8 Å². The van der Waals surface area contributed by atoms with E-state index >= 15 is 0 Å². The SMILES string of the molecule is CC(=O)N[C@@H]1[C@H](OC(=O)c2ccccc2OC(C)=O)O[C@H](COC(C)=O)[C@H](OC(C)=O)[C@@H]1OC(C)=O. The predicted molar refractivity (Wildman–Crippen MR) is 117 cm³/mol. The molecule has 0 bridgehead atoms. The zero-order valence-electron chi connectivity index (χ0n) is 20.3. The van der Waals surface area contributed by atoms with Crippen LogP contribution in [0.4, 0.5) is 0 Å². The fraction of sp³-hybridized carbons (Fsp3) is 0.478. The van der Waals surface area contributed by atoms with Crippen LogP contribution in [0.15, 0.2) is 24.3 Å². The van der Waals surface area contributed by atoms with Gasteiger partial charge in [-0.25, -0.2) is 4.79 Å². The average Bonchev–Trinajstić information content (AvgIpc) is 2.75. The number of hydrogen-bond acceptors (Lipinski definition) is 12. The molecule has 1 aromatic rings. The summed E-state index contributed by atoms with van der Waals surface area (Å²) >= 11 is 0. The number of hydrogen-bond donors (Lipinski definition) is 1. The molecule has 1 fully saturated rings. The fourth-order valence-corrected chi connectivity index (χ4v) is 3.44. The van der Waals surface area contributed by atoms with Gasteiger partial charge < -0.3 is 33.7 Å². The van der Waals surface area contributed by atoms with Crippen molar-refractivity contribution in [3.63, 3.8) is 0 Å². The van der Waals surface area contributed by atoms with Gasteiger partial charge in [0, 0.05) is 34.6 Å². The predicted octanol–water partition coefficient (Wildman–Crippen LogP) is 0.425. The summed E-state index contributed by atoms with van der Waals surface area (Å²) in [6, 6.07) is 4.39. The highest BCUT2D eigenvalue weighted by Crippen LogP contribution is 2.29. The van der Waals surface area contributed by atoms with E-state index in [-0.39, 0.29) is 11.3 Å². The molecule has 0 aliphatic carbocycles. The standard InChI is InChI=1S/C23H27NO12/c1-11(25)24-19-21(34-15(5)29)20(33-14(4)28)18(10-31-12(2)26)35-23(19)36-22(30)16-8-6-7-9-17(16)32-13(3)27/h6-9,18-21,23H,10H2,1-5H3,(H,24,25)/t18-,19+,20+,21-,23+/m1/s1. The molecule has 36 heavy (non-hydrogen) atoms. The molecule has 1 aliphatic rings. The highest BCUT2D eigenvalue weighted by Gasteiger charge is 2.52. The number of ether oxygens (including phenoxy) is 6. The summed E-state index contributed by atoms with van der Waals surface area (Å²) in [5, 5.41) is 2.48. The van der Waals surface area contributed by atoms with Crippen LogP contribution in [0.2, 0.25) is 0 Å². The number of esters is 5. The van der Waals surface area contributed by atoms with E-state index < -0.39 is 73.0 Å². The van der Waals surface area contributed by atoms with Crippen LogP contribution in [-0.4, -0.2) is 73.0 Å². The van der Waals surface area contributed by atoms with Crippen molar-refractivity contribution < 1.29 is 57.2 Å². The molecule has 196 valence electrons. The van der Waals surface area contributed by atoms with Gasteiger partial charge in [0.25, 0.3) is 0 Å². The quantitative estimate of drug-likeness (QED) is 0.292. The number of carbonyl (C=O) groups is 6. The lowest BCUT2D eigenvalue weighted by atomic mass is 9.96. The minimum atomic E-state index is -1.61. The van der Waals surface area contributed by atoms with Crippen molar-refractivity contribution in [1.29, 1.82) is 0 Å². The number of rotatable bonds is 8. The molecule has 13 nitrogen and oxygen atoms in total. The van der Waals surface area contributed by atoms with E-state index in [1.807, 2.05) is 0 Å². The van der Waals surface area contributed by atoms with Crippen LogP contribution in [-0.2, 0) is 47.7 Å². The second-order valence-corrected chi connectivity index (χ2v) is 7.72. The molecule has 0 saturated carbocycles. The maximum atomic E-state index is 13.0. The molecule has 1 N–H and O–H groups in total. The Morgan fingerprint density at radius 2 is 1.42 bits per heavy atom. The van der Waals surface area contributed by atoms with Crippen LogP contribution in [0.25, 0.3) is 0 Å². The zero-order valence-corrected chi connectivity index (χ0v) is 20.3. The van der Waals surface area contributed by atoms with Gasteiger partial charge in [-0.2, -0.15) is 0 Å². The Bertz CT molecular complexity index is 1020. The summed E-state index contributed by atoms with van der Waals surface area (Å²) < 4.78 is 31.9. The molecule has 13 heteroatoms. The van der Waals surface area contributed by atoms with E-state index in [9.17, 15) is 28.8 Å². The molecule has 0 unspecified atom stereocenters. The molecular weight excluding hydrogens is 482 g/mol. The molecule has 2 rings (SSSR count). The normalized spacial score (nSPS) is 23.0. The first kappa shape index (κ1) is 28.2. The number of nitrogens with one attached hydrogen (secondary N) is 1. The second-order valence-electron chi connectivity index (χ2n) is 7.72. The maximum Gasteiger partial charge on any atom is 0.344 e. The lowest BCUT2D eigenvalue weighted by Crippen LogP contribution is -2.66. The molecule has 5 atom stereocenters.